The van der Waals surface area contributed by atoms with Crippen LogP contribution in [-0.2, 0) is 0 Å². The van der Waals surface area contributed by atoms with Crippen LogP contribution in [0.2, 0.25) is 0 Å². The van der Waals surface area contributed by atoms with Crippen molar-refractivity contribution in [2.24, 2.45) is 0 Å². The summed E-state index contributed by atoms with van der Waals surface area (Å²) in [6.07, 6.45) is 2.32. The van der Waals surface area contributed by atoms with E-state index in [1.54, 1.807) is 25.3 Å². The highest BCUT2D eigenvalue weighted by Gasteiger charge is 2.10. The van der Waals surface area contributed by atoms with Crippen molar-refractivity contribution in [1.82, 2.24) is 9.97 Å². The summed E-state index contributed by atoms with van der Waals surface area (Å²) in [5.41, 5.74) is 0.519. The Morgan fingerprint density at radius 1 is 1.23 bits per heavy atom. The first-order valence-electron chi connectivity index (χ1n) is 6.57. The molecule has 0 atom stereocenters. The van der Waals surface area contributed by atoms with Gasteiger partial charge in [0.2, 0.25) is 5.95 Å². The summed E-state index contributed by atoms with van der Waals surface area (Å²) in [4.78, 5) is 17.8. The maximum absolute atomic E-state index is 10.6. The van der Waals surface area contributed by atoms with Gasteiger partial charge in [-0.2, -0.15) is 0 Å². The Labute approximate surface area is 127 Å². The molecule has 0 aliphatic carbocycles. The zero-order valence-electron chi connectivity index (χ0n) is 12.4. The highest BCUT2D eigenvalue weighted by molar-refractivity contribution is 5.59. The van der Waals surface area contributed by atoms with E-state index in [9.17, 15) is 10.1 Å². The van der Waals surface area contributed by atoms with Gasteiger partial charge in [0.25, 0.3) is 0 Å². The van der Waals surface area contributed by atoms with E-state index in [-0.39, 0.29) is 17.7 Å². The van der Waals surface area contributed by atoms with Gasteiger partial charge in [-0.25, -0.2) is 9.97 Å². The molecule has 0 unspecified atom stereocenters. The van der Waals surface area contributed by atoms with E-state index in [0.717, 1.165) is 12.4 Å². The normalized spacial score (nSPS) is 10.4. The minimum atomic E-state index is -0.551. The lowest BCUT2D eigenvalue weighted by atomic mass is 10.2. The summed E-state index contributed by atoms with van der Waals surface area (Å²) in [6, 6.07) is 5.29. The molecule has 0 aliphatic rings. The number of anilines is 2. The third-order valence-electron chi connectivity index (χ3n) is 2.63. The van der Waals surface area contributed by atoms with Gasteiger partial charge in [0, 0.05) is 11.8 Å². The minimum Gasteiger partial charge on any atom is -0.493 e. The molecule has 0 bridgehead atoms. The van der Waals surface area contributed by atoms with Crippen LogP contribution in [0.4, 0.5) is 17.3 Å². The van der Waals surface area contributed by atoms with Gasteiger partial charge in [0.1, 0.15) is 12.4 Å². The monoisotopic (exact) mass is 304 g/mol. The van der Waals surface area contributed by atoms with E-state index in [1.165, 1.54) is 0 Å². The molecule has 8 heteroatoms. The number of aromatic nitrogens is 2. The molecule has 1 aromatic carbocycles. The van der Waals surface area contributed by atoms with Crippen molar-refractivity contribution < 1.29 is 14.4 Å². The van der Waals surface area contributed by atoms with Crippen LogP contribution in [0.5, 0.6) is 11.5 Å². The number of hydrogen-bond acceptors (Lipinski definition) is 7. The zero-order valence-corrected chi connectivity index (χ0v) is 12.4. The first-order chi connectivity index (χ1) is 10.5. The Hall–Kier alpha value is -2.90. The molecule has 2 aromatic rings. The summed E-state index contributed by atoms with van der Waals surface area (Å²) in [6.45, 7) is 3.85. The largest absolute Gasteiger partial charge is 0.493 e. The number of hydrogen-bond donors (Lipinski definition) is 1. The van der Waals surface area contributed by atoms with Crippen LogP contribution in [0.15, 0.2) is 30.6 Å². The summed E-state index contributed by atoms with van der Waals surface area (Å²) < 4.78 is 10.9. The second-order valence-corrected chi connectivity index (χ2v) is 4.68. The molecule has 1 heterocycles. The van der Waals surface area contributed by atoms with Crippen LogP contribution < -0.4 is 14.8 Å². The van der Waals surface area contributed by atoms with Gasteiger partial charge in [-0.05, 0) is 26.0 Å². The van der Waals surface area contributed by atoms with E-state index in [2.05, 4.69) is 15.3 Å². The van der Waals surface area contributed by atoms with Crippen LogP contribution in [0.1, 0.15) is 13.8 Å². The van der Waals surface area contributed by atoms with Crippen molar-refractivity contribution in [2.45, 2.75) is 20.0 Å². The average molecular weight is 304 g/mol. The first kappa shape index (κ1) is 15.5. The molecular formula is C14H16N4O4. The van der Waals surface area contributed by atoms with Gasteiger partial charge in [0.05, 0.1) is 18.1 Å². The lowest BCUT2D eigenvalue weighted by Crippen LogP contribution is -2.07. The average Bonchev–Trinajstić information content (AvgIpc) is 2.49. The summed E-state index contributed by atoms with van der Waals surface area (Å²) in [5, 5.41) is 13.5. The van der Waals surface area contributed by atoms with Gasteiger partial charge in [0.15, 0.2) is 11.5 Å². The summed E-state index contributed by atoms with van der Waals surface area (Å²) >= 11 is 0. The summed E-state index contributed by atoms with van der Waals surface area (Å²) in [5.74, 6) is 1.46. The highest BCUT2D eigenvalue weighted by atomic mass is 16.6. The molecule has 0 aliphatic heterocycles. The molecular weight excluding hydrogens is 288 g/mol. The third-order valence-corrected chi connectivity index (χ3v) is 2.63. The third kappa shape index (κ3) is 3.81. The number of benzene rings is 1. The molecule has 1 N–H and O–H groups in total. The maximum Gasteiger partial charge on any atom is 0.305 e. The van der Waals surface area contributed by atoms with Crippen molar-refractivity contribution in [3.63, 3.8) is 0 Å². The Morgan fingerprint density at radius 3 is 2.45 bits per heavy atom. The van der Waals surface area contributed by atoms with Gasteiger partial charge < -0.3 is 14.8 Å². The fourth-order valence-electron chi connectivity index (χ4n) is 1.71. The van der Waals surface area contributed by atoms with Crippen LogP contribution in [-0.4, -0.2) is 28.1 Å². The molecule has 0 saturated carbocycles. The Kier molecular flexibility index (Phi) is 4.72. The standard InChI is InChI=1S/C14H16N4O4/c1-9(2)22-12-5-4-10(6-13(12)21-3)17-14-15-7-11(8-16-14)18(19)20/h4-9H,1-3H3,(H,15,16,17). The topological polar surface area (TPSA) is 99.4 Å². The van der Waals surface area contributed by atoms with E-state index < -0.39 is 4.92 Å². The van der Waals surface area contributed by atoms with Crippen LogP contribution >= 0.6 is 0 Å². The zero-order chi connectivity index (χ0) is 16.1. The van der Waals surface area contributed by atoms with Crippen LogP contribution in [0.3, 0.4) is 0 Å². The van der Waals surface area contributed by atoms with Gasteiger partial charge in [-0.15, -0.1) is 0 Å². The molecule has 116 valence electrons. The number of nitrogens with zero attached hydrogens (tertiary/aromatic N) is 3. The lowest BCUT2D eigenvalue weighted by Gasteiger charge is -2.14. The predicted octanol–water partition coefficient (Wildman–Crippen LogP) is 2.92. The quantitative estimate of drug-likeness (QED) is 0.647. The van der Waals surface area contributed by atoms with E-state index >= 15 is 0 Å². The number of ether oxygens (including phenoxy) is 2. The molecule has 2 rings (SSSR count). The fraction of sp³-hybridized carbons (Fsp3) is 0.286. The molecule has 0 fully saturated rings. The van der Waals surface area contributed by atoms with Crippen LogP contribution in [0.25, 0.3) is 0 Å². The number of nitro groups is 1. The number of nitrogens with one attached hydrogen (secondary N) is 1. The second kappa shape index (κ2) is 6.70. The van der Waals surface area contributed by atoms with Crippen molar-refractivity contribution >= 4 is 17.3 Å². The summed E-state index contributed by atoms with van der Waals surface area (Å²) in [7, 11) is 1.55. The van der Waals surface area contributed by atoms with E-state index in [4.69, 9.17) is 9.47 Å². The molecule has 0 spiro atoms. The molecule has 22 heavy (non-hydrogen) atoms. The molecule has 0 amide bonds. The minimum absolute atomic E-state index is 0.0331. The smallest absolute Gasteiger partial charge is 0.305 e. The Morgan fingerprint density at radius 2 is 1.91 bits per heavy atom. The fourth-order valence-corrected chi connectivity index (χ4v) is 1.71. The number of rotatable bonds is 6. The Balaban J connectivity index is 2.17. The maximum atomic E-state index is 10.6. The predicted molar refractivity (Wildman–Crippen MR) is 80.7 cm³/mol. The second-order valence-electron chi connectivity index (χ2n) is 4.68. The van der Waals surface area contributed by atoms with Gasteiger partial charge in [-0.3, -0.25) is 10.1 Å². The van der Waals surface area contributed by atoms with Crippen LogP contribution in [0, 0.1) is 10.1 Å². The van der Waals surface area contributed by atoms with E-state index in [1.807, 2.05) is 13.8 Å². The Bertz CT molecular complexity index is 658. The van der Waals surface area contributed by atoms with Crippen molar-refractivity contribution in [2.75, 3.05) is 12.4 Å². The van der Waals surface area contributed by atoms with Gasteiger partial charge in [-0.1, -0.05) is 0 Å². The van der Waals surface area contributed by atoms with Gasteiger partial charge >= 0.3 is 5.69 Å². The number of methoxy groups -OCH3 is 1. The molecule has 8 nitrogen and oxygen atoms in total. The SMILES string of the molecule is COc1cc(Nc2ncc([N+](=O)[O-])cn2)ccc1OC(C)C. The lowest BCUT2D eigenvalue weighted by molar-refractivity contribution is -0.385. The van der Waals surface area contributed by atoms with E-state index in [0.29, 0.717) is 17.2 Å². The molecule has 0 radical (unpaired) electrons. The molecule has 0 saturated heterocycles. The van der Waals surface area contributed by atoms with Crippen molar-refractivity contribution in [3.8, 4) is 11.5 Å². The van der Waals surface area contributed by atoms with Crippen molar-refractivity contribution in [3.05, 3.63) is 40.7 Å². The molecule has 1 aromatic heterocycles. The highest BCUT2D eigenvalue weighted by Crippen LogP contribution is 2.31. The van der Waals surface area contributed by atoms with Crippen molar-refractivity contribution in [1.29, 1.82) is 0 Å². The first-order valence-corrected chi connectivity index (χ1v) is 6.57.